The second kappa shape index (κ2) is 7.34. The highest BCUT2D eigenvalue weighted by Gasteiger charge is 2.39. The third-order valence-electron chi connectivity index (χ3n) is 5.20. The maximum absolute atomic E-state index is 12.7. The molecule has 1 saturated heterocycles. The molecule has 0 radical (unpaired) electrons. The van der Waals surface area contributed by atoms with E-state index in [9.17, 15) is 14.4 Å². The average Bonchev–Trinajstić information content (AvgIpc) is 3.02. The van der Waals surface area contributed by atoms with Crippen molar-refractivity contribution in [3.8, 4) is 5.75 Å². The Kier molecular flexibility index (Phi) is 4.73. The second-order valence-corrected chi connectivity index (χ2v) is 6.94. The Labute approximate surface area is 162 Å². The number of benzene rings is 2. The van der Waals surface area contributed by atoms with Gasteiger partial charge in [-0.2, -0.15) is 0 Å². The molecule has 0 aromatic heterocycles. The number of imide groups is 1. The smallest absolute Gasteiger partial charge is 0.255 e. The highest BCUT2D eigenvalue weighted by molar-refractivity contribution is 6.05. The molecule has 144 valence electrons. The fraction of sp³-hybridized carbons (Fsp3) is 0.286. The molecule has 1 fully saturated rings. The van der Waals surface area contributed by atoms with Crippen LogP contribution in [0.4, 0.5) is 5.69 Å². The van der Waals surface area contributed by atoms with Gasteiger partial charge >= 0.3 is 0 Å². The summed E-state index contributed by atoms with van der Waals surface area (Å²) >= 11 is 0. The summed E-state index contributed by atoms with van der Waals surface area (Å²) in [5, 5.41) is 5.67. The second-order valence-electron chi connectivity index (χ2n) is 6.94. The lowest BCUT2D eigenvalue weighted by molar-refractivity contribution is -0.136. The van der Waals surface area contributed by atoms with E-state index in [1.54, 1.807) is 18.1 Å². The molecule has 0 bridgehead atoms. The van der Waals surface area contributed by atoms with E-state index in [0.717, 1.165) is 22.6 Å². The summed E-state index contributed by atoms with van der Waals surface area (Å²) in [5.74, 6) is -0.0312. The van der Waals surface area contributed by atoms with Gasteiger partial charge in [0.25, 0.3) is 5.91 Å². The molecule has 2 aromatic carbocycles. The van der Waals surface area contributed by atoms with Crippen molar-refractivity contribution in [2.75, 3.05) is 12.4 Å². The first kappa shape index (κ1) is 18.0. The van der Waals surface area contributed by atoms with Crippen LogP contribution in [-0.4, -0.2) is 35.8 Å². The molecule has 2 aliphatic heterocycles. The van der Waals surface area contributed by atoms with Crippen LogP contribution in [0.1, 0.15) is 34.3 Å². The summed E-state index contributed by atoms with van der Waals surface area (Å²) < 4.78 is 5.37. The molecule has 2 aromatic rings. The van der Waals surface area contributed by atoms with Crippen molar-refractivity contribution in [3.63, 3.8) is 0 Å². The van der Waals surface area contributed by atoms with Gasteiger partial charge in [-0.25, -0.2) is 0 Å². The Hall–Kier alpha value is -3.35. The Bertz CT molecular complexity index is 956. The monoisotopic (exact) mass is 379 g/mol. The molecule has 0 aliphatic carbocycles. The molecule has 2 N–H and O–H groups in total. The van der Waals surface area contributed by atoms with Gasteiger partial charge in [0.2, 0.25) is 11.8 Å². The fourth-order valence-corrected chi connectivity index (χ4v) is 3.73. The molecule has 28 heavy (non-hydrogen) atoms. The van der Waals surface area contributed by atoms with Crippen LogP contribution >= 0.6 is 0 Å². The molecule has 3 amide bonds. The van der Waals surface area contributed by atoms with Crippen LogP contribution in [0.15, 0.2) is 42.5 Å². The Morgan fingerprint density at radius 3 is 2.79 bits per heavy atom. The first-order valence-electron chi connectivity index (χ1n) is 9.20. The van der Waals surface area contributed by atoms with Crippen LogP contribution in [0, 0.1) is 0 Å². The zero-order chi connectivity index (χ0) is 19.7. The number of anilines is 1. The molecule has 1 unspecified atom stereocenters. The lowest BCUT2D eigenvalue weighted by atomic mass is 10.0. The predicted octanol–water partition coefficient (Wildman–Crippen LogP) is 2.07. The minimum Gasteiger partial charge on any atom is -0.496 e. The van der Waals surface area contributed by atoms with Crippen molar-refractivity contribution in [1.82, 2.24) is 10.2 Å². The van der Waals surface area contributed by atoms with Gasteiger partial charge in [-0.05, 0) is 36.2 Å². The molecule has 7 heteroatoms. The van der Waals surface area contributed by atoms with Crippen LogP contribution in [-0.2, 0) is 22.7 Å². The number of carbonyl (C=O) groups excluding carboxylic acids is 3. The van der Waals surface area contributed by atoms with Crippen molar-refractivity contribution in [1.29, 1.82) is 0 Å². The quantitative estimate of drug-likeness (QED) is 0.777. The summed E-state index contributed by atoms with van der Waals surface area (Å²) in [5.41, 5.74) is 3.40. The molecule has 4 rings (SSSR count). The van der Waals surface area contributed by atoms with Gasteiger partial charge in [0.15, 0.2) is 0 Å². The standard InChI is InChI=1S/C21H21N3O4/c1-28-18-5-3-2-4-13(18)11-22-15-6-7-16-14(10-15)12-24(21(16)27)17-8-9-19(25)23-20(17)26/h2-7,10,17,22H,8-9,11-12H2,1H3,(H,23,25,26). The van der Waals surface area contributed by atoms with E-state index in [1.165, 1.54) is 0 Å². The molecule has 2 heterocycles. The van der Waals surface area contributed by atoms with Crippen LogP contribution in [0.25, 0.3) is 0 Å². The van der Waals surface area contributed by atoms with E-state index < -0.39 is 11.9 Å². The van der Waals surface area contributed by atoms with Crippen LogP contribution in [0.2, 0.25) is 0 Å². The summed E-state index contributed by atoms with van der Waals surface area (Å²) in [4.78, 5) is 37.8. The van der Waals surface area contributed by atoms with Crippen LogP contribution in [0.3, 0.4) is 0 Å². The number of hydrogen-bond donors (Lipinski definition) is 2. The third-order valence-corrected chi connectivity index (χ3v) is 5.20. The van der Waals surface area contributed by atoms with Gasteiger partial charge in [-0.1, -0.05) is 18.2 Å². The number of carbonyl (C=O) groups is 3. The number of ether oxygens (including phenoxy) is 1. The van der Waals surface area contributed by atoms with E-state index in [-0.39, 0.29) is 18.2 Å². The Balaban J connectivity index is 1.48. The Morgan fingerprint density at radius 1 is 1.18 bits per heavy atom. The Morgan fingerprint density at radius 2 is 2.00 bits per heavy atom. The van der Waals surface area contributed by atoms with Crippen molar-refractivity contribution in [2.24, 2.45) is 0 Å². The first-order chi connectivity index (χ1) is 13.6. The summed E-state index contributed by atoms with van der Waals surface area (Å²) in [6.45, 7) is 0.957. The van der Waals surface area contributed by atoms with Crippen molar-refractivity contribution in [3.05, 3.63) is 59.2 Å². The van der Waals surface area contributed by atoms with E-state index >= 15 is 0 Å². The number of fused-ring (bicyclic) bond motifs is 1. The van der Waals surface area contributed by atoms with E-state index in [0.29, 0.717) is 25.1 Å². The van der Waals surface area contributed by atoms with Gasteiger partial charge in [0, 0.05) is 36.3 Å². The molecular weight excluding hydrogens is 358 g/mol. The minimum atomic E-state index is -0.595. The first-order valence-corrected chi connectivity index (χ1v) is 9.20. The molecule has 1 atom stereocenters. The summed E-state index contributed by atoms with van der Waals surface area (Å²) in [7, 11) is 1.64. The number of para-hydroxylation sites is 1. The van der Waals surface area contributed by atoms with Crippen LogP contribution in [0.5, 0.6) is 5.75 Å². The van der Waals surface area contributed by atoms with E-state index in [2.05, 4.69) is 10.6 Å². The van der Waals surface area contributed by atoms with Gasteiger partial charge in [-0.15, -0.1) is 0 Å². The number of nitrogens with zero attached hydrogens (tertiary/aromatic N) is 1. The highest BCUT2D eigenvalue weighted by Crippen LogP contribution is 2.30. The van der Waals surface area contributed by atoms with Gasteiger partial charge in [0.05, 0.1) is 7.11 Å². The molecule has 7 nitrogen and oxygen atoms in total. The van der Waals surface area contributed by atoms with Gasteiger partial charge in [-0.3, -0.25) is 19.7 Å². The molecule has 0 spiro atoms. The molecule has 0 saturated carbocycles. The largest absolute Gasteiger partial charge is 0.496 e. The van der Waals surface area contributed by atoms with Gasteiger partial charge in [0.1, 0.15) is 11.8 Å². The lowest BCUT2D eigenvalue weighted by Gasteiger charge is -2.29. The zero-order valence-corrected chi connectivity index (χ0v) is 15.5. The normalized spacial score (nSPS) is 18.7. The number of piperidine rings is 1. The van der Waals surface area contributed by atoms with Crippen molar-refractivity contribution >= 4 is 23.4 Å². The number of amides is 3. The van der Waals surface area contributed by atoms with Crippen LogP contribution < -0.4 is 15.4 Å². The summed E-state index contributed by atoms with van der Waals surface area (Å²) in [6, 6.07) is 12.8. The number of hydrogen-bond acceptors (Lipinski definition) is 5. The summed E-state index contributed by atoms with van der Waals surface area (Å²) in [6.07, 6.45) is 0.617. The van der Waals surface area contributed by atoms with Crippen molar-refractivity contribution in [2.45, 2.75) is 32.0 Å². The number of rotatable bonds is 5. The van der Waals surface area contributed by atoms with E-state index in [1.807, 2.05) is 36.4 Å². The fourth-order valence-electron chi connectivity index (χ4n) is 3.73. The molecular formula is C21H21N3O4. The predicted molar refractivity (Wildman–Crippen MR) is 103 cm³/mol. The zero-order valence-electron chi connectivity index (χ0n) is 15.5. The van der Waals surface area contributed by atoms with Crippen molar-refractivity contribution < 1.29 is 19.1 Å². The molecule has 2 aliphatic rings. The number of nitrogens with one attached hydrogen (secondary N) is 2. The van der Waals surface area contributed by atoms with Gasteiger partial charge < -0.3 is 15.0 Å². The number of methoxy groups -OCH3 is 1. The topological polar surface area (TPSA) is 87.7 Å². The SMILES string of the molecule is COc1ccccc1CNc1ccc2c(c1)CN(C1CCC(=O)NC1=O)C2=O. The maximum Gasteiger partial charge on any atom is 0.255 e. The minimum absolute atomic E-state index is 0.166. The lowest BCUT2D eigenvalue weighted by Crippen LogP contribution is -2.52. The third kappa shape index (κ3) is 3.31. The maximum atomic E-state index is 12.7. The highest BCUT2D eigenvalue weighted by atomic mass is 16.5. The van der Waals surface area contributed by atoms with E-state index in [4.69, 9.17) is 4.74 Å². The average molecular weight is 379 g/mol.